The Morgan fingerprint density at radius 2 is 1.75 bits per heavy atom. The van der Waals surface area contributed by atoms with E-state index in [0.29, 0.717) is 6.42 Å². The molecule has 136 valence electrons. The lowest BCUT2D eigenvalue weighted by molar-refractivity contribution is -0.116. The molecule has 1 aliphatic heterocycles. The number of rotatable bonds is 8. The summed E-state index contributed by atoms with van der Waals surface area (Å²) in [5.74, 6) is 1.87. The second kappa shape index (κ2) is 8.50. The molecule has 24 heavy (non-hydrogen) atoms. The third-order valence-electron chi connectivity index (χ3n) is 4.31. The van der Waals surface area contributed by atoms with Crippen LogP contribution in [0.5, 0.6) is 0 Å². The van der Waals surface area contributed by atoms with E-state index in [0.717, 1.165) is 49.2 Å². The molecular formula is C18H28O4S2. The second-order valence-electron chi connectivity index (χ2n) is 6.56. The standard InChI is InChI=1S/C18H28O4S2/c1-3-4-8-17(19)15-23(13-6-5-7-14-23)22-24(20,21)18-11-9-16(2)10-12-18/h9-12H,3-8,13-15H2,1-2H3. The van der Waals surface area contributed by atoms with Gasteiger partial charge >= 0.3 is 10.1 Å². The molecule has 1 saturated heterocycles. The molecule has 0 radical (unpaired) electrons. The number of carbonyl (C=O) groups is 1. The third kappa shape index (κ3) is 5.33. The van der Waals surface area contributed by atoms with Crippen molar-refractivity contribution in [1.82, 2.24) is 0 Å². The highest BCUT2D eigenvalue weighted by molar-refractivity contribution is 8.33. The van der Waals surface area contributed by atoms with Crippen LogP contribution in [-0.4, -0.2) is 31.5 Å². The molecule has 0 N–H and O–H groups in total. The Morgan fingerprint density at radius 1 is 1.12 bits per heavy atom. The van der Waals surface area contributed by atoms with E-state index in [9.17, 15) is 13.2 Å². The van der Waals surface area contributed by atoms with Gasteiger partial charge in [-0.15, -0.1) is 10.3 Å². The fraction of sp³-hybridized carbons (Fsp3) is 0.611. The summed E-state index contributed by atoms with van der Waals surface area (Å²) in [6.07, 6.45) is 5.33. The Bertz CT molecular complexity index is 644. The monoisotopic (exact) mass is 372 g/mol. The maximum absolute atomic E-state index is 12.7. The first-order chi connectivity index (χ1) is 11.4. The van der Waals surface area contributed by atoms with Crippen LogP contribution in [-0.2, 0) is 18.5 Å². The molecule has 0 aromatic heterocycles. The third-order valence-corrected chi connectivity index (χ3v) is 9.94. The van der Waals surface area contributed by atoms with Crippen LogP contribution in [0.2, 0.25) is 0 Å². The molecule has 0 saturated carbocycles. The molecule has 1 aromatic rings. The SMILES string of the molecule is CCCCC(=O)CS1(OS(=O)(=O)c2ccc(C)cc2)CCCCC1. The van der Waals surface area contributed by atoms with Gasteiger partial charge in [0.1, 0.15) is 5.78 Å². The number of carbonyl (C=O) groups excluding carboxylic acids is 1. The van der Waals surface area contributed by atoms with E-state index in [1.54, 1.807) is 24.3 Å². The first-order valence-corrected chi connectivity index (χ1v) is 12.2. The van der Waals surface area contributed by atoms with Gasteiger partial charge < -0.3 is 0 Å². The summed E-state index contributed by atoms with van der Waals surface area (Å²) in [6, 6.07) is 6.70. The zero-order valence-corrected chi connectivity index (χ0v) is 16.3. The summed E-state index contributed by atoms with van der Waals surface area (Å²) in [7, 11) is -5.70. The van der Waals surface area contributed by atoms with Crippen LogP contribution < -0.4 is 0 Å². The molecule has 1 heterocycles. The van der Waals surface area contributed by atoms with Crippen LogP contribution in [0.15, 0.2) is 29.2 Å². The Balaban J connectivity index is 2.18. The van der Waals surface area contributed by atoms with Gasteiger partial charge in [0, 0.05) is 17.9 Å². The van der Waals surface area contributed by atoms with Crippen molar-refractivity contribution in [2.45, 2.75) is 57.3 Å². The van der Waals surface area contributed by atoms with E-state index >= 15 is 0 Å². The lowest BCUT2D eigenvalue weighted by atomic mass is 10.2. The van der Waals surface area contributed by atoms with E-state index in [-0.39, 0.29) is 16.4 Å². The molecule has 1 aliphatic rings. The van der Waals surface area contributed by atoms with Gasteiger partial charge in [-0.1, -0.05) is 37.5 Å². The van der Waals surface area contributed by atoms with Crippen LogP contribution in [0.3, 0.4) is 0 Å². The highest BCUT2D eigenvalue weighted by Gasteiger charge is 2.35. The fourth-order valence-electron chi connectivity index (χ4n) is 2.92. The summed E-state index contributed by atoms with van der Waals surface area (Å²) in [5, 5.41) is 0. The second-order valence-corrected chi connectivity index (χ2v) is 11.5. The van der Waals surface area contributed by atoms with E-state index in [1.165, 1.54) is 0 Å². The predicted octanol–water partition coefficient (Wildman–Crippen LogP) is 4.36. The van der Waals surface area contributed by atoms with E-state index < -0.39 is 20.4 Å². The van der Waals surface area contributed by atoms with Crippen molar-refractivity contribution in [2.24, 2.45) is 0 Å². The van der Waals surface area contributed by atoms with Crippen molar-refractivity contribution in [1.29, 1.82) is 0 Å². The zero-order valence-electron chi connectivity index (χ0n) is 14.6. The summed E-state index contributed by atoms with van der Waals surface area (Å²) < 4.78 is 31.2. The molecule has 2 rings (SSSR count). The molecule has 1 aromatic carbocycles. The Labute approximate surface area is 147 Å². The first kappa shape index (κ1) is 19.5. The maximum atomic E-state index is 12.7. The molecule has 1 fully saturated rings. The lowest BCUT2D eigenvalue weighted by Gasteiger charge is -2.40. The minimum absolute atomic E-state index is 0.146. The van der Waals surface area contributed by atoms with Crippen molar-refractivity contribution in [2.75, 3.05) is 17.3 Å². The predicted molar refractivity (Wildman–Crippen MR) is 100 cm³/mol. The summed E-state index contributed by atoms with van der Waals surface area (Å²) in [6.45, 7) is 3.96. The van der Waals surface area contributed by atoms with Gasteiger partial charge in [0.15, 0.2) is 0 Å². The quantitative estimate of drug-likeness (QED) is 0.680. The Kier molecular flexibility index (Phi) is 6.89. The van der Waals surface area contributed by atoms with Crippen molar-refractivity contribution in [3.63, 3.8) is 0 Å². The van der Waals surface area contributed by atoms with Gasteiger partial charge in [-0.25, -0.2) is 3.63 Å². The average molecular weight is 373 g/mol. The lowest BCUT2D eigenvalue weighted by Crippen LogP contribution is -2.27. The average Bonchev–Trinajstić information content (AvgIpc) is 2.53. The Morgan fingerprint density at radius 3 is 2.33 bits per heavy atom. The van der Waals surface area contributed by atoms with Gasteiger partial charge in [-0.05, 0) is 38.3 Å². The minimum atomic E-state index is -3.82. The van der Waals surface area contributed by atoms with Crippen molar-refractivity contribution < 1.29 is 16.8 Å². The van der Waals surface area contributed by atoms with Crippen LogP contribution in [0, 0.1) is 6.92 Å². The smallest absolute Gasteiger partial charge is 0.299 e. The summed E-state index contributed by atoms with van der Waals surface area (Å²) in [4.78, 5) is 12.5. The number of aryl methyl sites for hydroxylation is 1. The number of Topliss-reactive ketones (excluding diaryl/α,β-unsaturated/α-hetero) is 1. The number of ketones is 1. The van der Waals surface area contributed by atoms with E-state index in [2.05, 4.69) is 6.92 Å². The molecule has 0 amide bonds. The number of benzene rings is 1. The van der Waals surface area contributed by atoms with Crippen LogP contribution in [0.25, 0.3) is 0 Å². The number of hydrogen-bond acceptors (Lipinski definition) is 4. The molecule has 0 aliphatic carbocycles. The van der Waals surface area contributed by atoms with Gasteiger partial charge in [0.25, 0.3) is 0 Å². The van der Waals surface area contributed by atoms with Crippen LogP contribution >= 0.6 is 10.3 Å². The largest absolute Gasteiger partial charge is 0.306 e. The maximum Gasteiger partial charge on any atom is 0.306 e. The molecule has 0 spiro atoms. The van der Waals surface area contributed by atoms with Gasteiger partial charge in [-0.3, -0.25) is 4.79 Å². The van der Waals surface area contributed by atoms with Gasteiger partial charge in [0.2, 0.25) is 0 Å². The summed E-state index contributed by atoms with van der Waals surface area (Å²) >= 11 is 0. The summed E-state index contributed by atoms with van der Waals surface area (Å²) in [5.41, 5.74) is 1.00. The zero-order chi connectivity index (χ0) is 17.6. The normalized spacial score (nSPS) is 18.9. The van der Waals surface area contributed by atoms with Crippen molar-refractivity contribution >= 4 is 26.2 Å². The molecule has 0 bridgehead atoms. The highest BCUT2D eigenvalue weighted by atomic mass is 32.3. The van der Waals surface area contributed by atoms with Gasteiger partial charge in [0.05, 0.1) is 10.6 Å². The fourth-order valence-corrected chi connectivity index (χ4v) is 8.64. The minimum Gasteiger partial charge on any atom is -0.299 e. The van der Waals surface area contributed by atoms with E-state index in [1.807, 2.05) is 6.92 Å². The number of hydrogen-bond donors (Lipinski definition) is 0. The molecule has 0 atom stereocenters. The van der Waals surface area contributed by atoms with E-state index in [4.69, 9.17) is 3.63 Å². The highest BCUT2D eigenvalue weighted by Crippen LogP contribution is 2.55. The molecule has 6 heteroatoms. The van der Waals surface area contributed by atoms with Gasteiger partial charge in [-0.2, -0.15) is 8.42 Å². The Hall–Kier alpha value is -0.850. The number of unbranched alkanes of at least 4 members (excludes halogenated alkanes) is 1. The van der Waals surface area contributed by atoms with Crippen molar-refractivity contribution in [3.8, 4) is 0 Å². The van der Waals surface area contributed by atoms with Crippen molar-refractivity contribution in [3.05, 3.63) is 29.8 Å². The van der Waals surface area contributed by atoms with Crippen LogP contribution in [0.1, 0.15) is 51.0 Å². The first-order valence-electron chi connectivity index (χ1n) is 8.68. The topological polar surface area (TPSA) is 60.4 Å². The molecule has 0 unspecified atom stereocenters. The van der Waals surface area contributed by atoms with Crippen LogP contribution in [0.4, 0.5) is 0 Å². The molecule has 4 nitrogen and oxygen atoms in total. The molecular weight excluding hydrogens is 344 g/mol.